The molecule has 0 aliphatic carbocycles. The molecule has 4 amide bonds. The molecule has 204 valence electrons. The molecule has 3 heterocycles. The predicted octanol–water partition coefficient (Wildman–Crippen LogP) is 0.680. The SMILES string of the molecule is CCN1CCN(C(=O)NC(C(=O)C[C@H]2Cc3cccc(C(=O)O)c3OB2O)c2ncc(O)cc2C)C(=O)C1=O. The highest BCUT2D eigenvalue weighted by Crippen LogP contribution is 2.37. The molecule has 1 saturated heterocycles. The first-order chi connectivity index (χ1) is 18.5. The number of ketones is 1. The number of carbonyl (C=O) groups is 5. The van der Waals surface area contributed by atoms with Gasteiger partial charge in [0.05, 0.1) is 17.5 Å². The number of benzene rings is 1. The Bertz CT molecular complexity index is 1350. The molecule has 1 aromatic heterocycles. The van der Waals surface area contributed by atoms with E-state index in [9.17, 15) is 39.2 Å². The fourth-order valence-corrected chi connectivity index (χ4v) is 4.75. The summed E-state index contributed by atoms with van der Waals surface area (Å²) in [6.45, 7) is 3.67. The molecule has 1 unspecified atom stereocenters. The summed E-state index contributed by atoms with van der Waals surface area (Å²) in [7, 11) is -1.51. The molecule has 2 aromatic rings. The van der Waals surface area contributed by atoms with Gasteiger partial charge in [0.1, 0.15) is 17.5 Å². The van der Waals surface area contributed by atoms with Crippen molar-refractivity contribution >= 4 is 36.7 Å². The second-order valence-electron chi connectivity index (χ2n) is 9.36. The largest absolute Gasteiger partial charge is 0.535 e. The van der Waals surface area contributed by atoms with Gasteiger partial charge < -0.3 is 30.1 Å². The number of hydrogen-bond acceptors (Lipinski definition) is 9. The standard InChI is InChI=1S/C25H27BN4O9/c1-3-29-7-8-30(23(34)22(29)33)25(37)28-20(19-13(2)9-16(31)12-27-19)18(32)11-15-10-14-5-4-6-17(24(35)36)21(14)39-26(15)38/h4-6,9,12,15,20,31,38H,3,7-8,10-11H2,1-2H3,(H,28,37)(H,35,36)/t15-,20?/m1/s1. The number of carboxylic acids is 1. The van der Waals surface area contributed by atoms with Crippen LogP contribution in [0.3, 0.4) is 0 Å². The van der Waals surface area contributed by atoms with Gasteiger partial charge in [0, 0.05) is 31.9 Å². The molecule has 0 spiro atoms. The van der Waals surface area contributed by atoms with Crippen molar-refractivity contribution < 1.29 is 43.9 Å². The number of nitrogens with one attached hydrogen (secondary N) is 1. The van der Waals surface area contributed by atoms with Crippen molar-refractivity contribution in [2.24, 2.45) is 0 Å². The van der Waals surface area contributed by atoms with Crippen LogP contribution in [0.25, 0.3) is 0 Å². The van der Waals surface area contributed by atoms with Crippen molar-refractivity contribution in [3.63, 3.8) is 0 Å². The number of fused-ring (bicyclic) bond motifs is 1. The van der Waals surface area contributed by atoms with Gasteiger partial charge in [-0.15, -0.1) is 0 Å². The lowest BCUT2D eigenvalue weighted by atomic mass is 9.64. The maximum absolute atomic E-state index is 13.6. The minimum Gasteiger partial charge on any atom is -0.535 e. The Morgan fingerprint density at radius 1 is 1.23 bits per heavy atom. The van der Waals surface area contributed by atoms with Crippen LogP contribution >= 0.6 is 0 Å². The minimum absolute atomic E-state index is 0.0245. The van der Waals surface area contributed by atoms with E-state index in [1.54, 1.807) is 19.9 Å². The zero-order valence-corrected chi connectivity index (χ0v) is 21.3. The van der Waals surface area contributed by atoms with Crippen molar-refractivity contribution in [1.29, 1.82) is 0 Å². The zero-order chi connectivity index (χ0) is 28.4. The van der Waals surface area contributed by atoms with E-state index in [2.05, 4.69) is 10.3 Å². The average molecular weight is 538 g/mol. The van der Waals surface area contributed by atoms with Crippen molar-refractivity contribution in [2.75, 3.05) is 19.6 Å². The van der Waals surface area contributed by atoms with E-state index >= 15 is 0 Å². The third-order valence-electron chi connectivity index (χ3n) is 6.82. The number of para-hydroxylation sites is 1. The maximum Gasteiger partial charge on any atom is 0.526 e. The van der Waals surface area contributed by atoms with Crippen LogP contribution in [0.1, 0.15) is 46.6 Å². The molecule has 1 fully saturated rings. The summed E-state index contributed by atoms with van der Waals surface area (Å²) in [5.41, 5.74) is 0.865. The van der Waals surface area contributed by atoms with Gasteiger partial charge in [-0.25, -0.2) is 9.59 Å². The Hall–Kier alpha value is -4.46. The molecular weight excluding hydrogens is 511 g/mol. The average Bonchev–Trinajstić information content (AvgIpc) is 2.89. The summed E-state index contributed by atoms with van der Waals surface area (Å²) < 4.78 is 5.48. The van der Waals surface area contributed by atoms with E-state index in [-0.39, 0.29) is 48.7 Å². The number of carbonyl (C=O) groups excluding carboxylic acids is 4. The van der Waals surface area contributed by atoms with Gasteiger partial charge in [-0.1, -0.05) is 12.1 Å². The Kier molecular flexibility index (Phi) is 7.86. The lowest BCUT2D eigenvalue weighted by molar-refractivity contribution is -0.153. The fourth-order valence-electron chi connectivity index (χ4n) is 4.75. The molecule has 2 atom stereocenters. The summed E-state index contributed by atoms with van der Waals surface area (Å²) in [5.74, 6) is -4.59. The number of aryl methyl sites for hydroxylation is 1. The van der Waals surface area contributed by atoms with Crippen LogP contribution in [0.4, 0.5) is 4.79 Å². The smallest absolute Gasteiger partial charge is 0.526 e. The van der Waals surface area contributed by atoms with Crippen LogP contribution in [-0.4, -0.2) is 86.4 Å². The first kappa shape index (κ1) is 27.6. The minimum atomic E-state index is -1.51. The van der Waals surface area contributed by atoms with E-state index < -0.39 is 48.6 Å². The van der Waals surface area contributed by atoms with Crippen LogP contribution < -0.4 is 9.97 Å². The number of rotatable bonds is 7. The number of hydrogen-bond donors (Lipinski definition) is 4. The normalized spacial score (nSPS) is 17.8. The number of imide groups is 1. The van der Waals surface area contributed by atoms with Crippen molar-refractivity contribution in [3.05, 3.63) is 52.8 Å². The molecule has 13 nitrogen and oxygen atoms in total. The number of urea groups is 1. The summed E-state index contributed by atoms with van der Waals surface area (Å²) in [6.07, 6.45) is 0.922. The monoisotopic (exact) mass is 538 g/mol. The van der Waals surface area contributed by atoms with Gasteiger partial charge in [-0.05, 0) is 43.5 Å². The highest BCUT2D eigenvalue weighted by molar-refractivity contribution is 6.47. The van der Waals surface area contributed by atoms with E-state index in [1.165, 1.54) is 23.1 Å². The molecular formula is C25H27BN4O9. The number of carboxylic acid groups (broad SMARTS) is 1. The van der Waals surface area contributed by atoms with Gasteiger partial charge in [-0.2, -0.15) is 0 Å². The quantitative estimate of drug-likeness (QED) is 0.288. The number of aromatic hydroxyl groups is 1. The number of Topliss-reactive ketones (excluding diaryl/α,β-unsaturated/α-hetero) is 1. The lowest BCUT2D eigenvalue weighted by Crippen LogP contribution is -2.58. The Morgan fingerprint density at radius 2 is 1.97 bits per heavy atom. The summed E-state index contributed by atoms with van der Waals surface area (Å²) in [6, 6.07) is 3.51. The van der Waals surface area contributed by atoms with Gasteiger partial charge >= 0.3 is 30.9 Å². The van der Waals surface area contributed by atoms with Crippen molar-refractivity contribution in [2.45, 2.75) is 38.5 Å². The third kappa shape index (κ3) is 5.55. The Balaban J connectivity index is 1.58. The van der Waals surface area contributed by atoms with Crippen LogP contribution in [-0.2, 0) is 20.8 Å². The predicted molar refractivity (Wildman–Crippen MR) is 135 cm³/mol. The lowest BCUT2D eigenvalue weighted by Gasteiger charge is -2.33. The molecule has 0 saturated carbocycles. The maximum atomic E-state index is 13.6. The summed E-state index contributed by atoms with van der Waals surface area (Å²) in [5, 5.41) is 32.3. The van der Waals surface area contributed by atoms with E-state index in [4.69, 9.17) is 4.65 Å². The fraction of sp³-hybridized carbons (Fsp3) is 0.360. The van der Waals surface area contributed by atoms with Gasteiger partial charge in [0.15, 0.2) is 5.78 Å². The molecule has 4 N–H and O–H groups in total. The number of likely N-dealkylation sites (N-methyl/N-ethyl adjacent to an activating group) is 1. The number of aromatic carboxylic acids is 1. The topological polar surface area (TPSA) is 187 Å². The molecule has 14 heteroatoms. The Labute approximate surface area is 223 Å². The van der Waals surface area contributed by atoms with Crippen LogP contribution in [0.5, 0.6) is 11.5 Å². The highest BCUT2D eigenvalue weighted by Gasteiger charge is 2.41. The number of piperazine rings is 1. The van der Waals surface area contributed by atoms with Gasteiger partial charge in [0.25, 0.3) is 0 Å². The first-order valence-corrected chi connectivity index (χ1v) is 12.3. The molecule has 0 radical (unpaired) electrons. The molecule has 0 bridgehead atoms. The van der Waals surface area contributed by atoms with Gasteiger partial charge in [-0.3, -0.25) is 24.3 Å². The van der Waals surface area contributed by atoms with E-state index in [1.807, 2.05) is 0 Å². The number of amides is 4. The van der Waals surface area contributed by atoms with Crippen LogP contribution in [0.2, 0.25) is 5.82 Å². The summed E-state index contributed by atoms with van der Waals surface area (Å²) in [4.78, 5) is 69.2. The molecule has 39 heavy (non-hydrogen) atoms. The number of pyridine rings is 1. The van der Waals surface area contributed by atoms with Crippen LogP contribution in [0.15, 0.2) is 30.5 Å². The molecule has 1 aromatic carbocycles. The van der Waals surface area contributed by atoms with Crippen molar-refractivity contribution in [3.8, 4) is 11.5 Å². The zero-order valence-electron chi connectivity index (χ0n) is 21.3. The molecule has 4 rings (SSSR count). The number of nitrogens with zero attached hydrogens (tertiary/aromatic N) is 3. The third-order valence-corrected chi connectivity index (χ3v) is 6.82. The molecule has 2 aliphatic heterocycles. The van der Waals surface area contributed by atoms with Crippen LogP contribution in [0, 0.1) is 6.92 Å². The first-order valence-electron chi connectivity index (χ1n) is 12.3. The van der Waals surface area contributed by atoms with Gasteiger partial charge in [0.2, 0.25) is 0 Å². The summed E-state index contributed by atoms with van der Waals surface area (Å²) >= 11 is 0. The van der Waals surface area contributed by atoms with E-state index in [0.717, 1.165) is 11.1 Å². The highest BCUT2D eigenvalue weighted by atomic mass is 16.5. The number of aromatic nitrogens is 1. The van der Waals surface area contributed by atoms with E-state index in [0.29, 0.717) is 17.7 Å². The van der Waals surface area contributed by atoms with Crippen molar-refractivity contribution in [1.82, 2.24) is 20.1 Å². The second kappa shape index (κ2) is 11.1. The second-order valence-corrected chi connectivity index (χ2v) is 9.36. The Morgan fingerprint density at radius 3 is 2.64 bits per heavy atom. The molecule has 2 aliphatic rings.